The highest BCUT2D eigenvalue weighted by molar-refractivity contribution is 6.71. The largest absolute Gasteiger partial charge is 0.466 e. The van der Waals surface area contributed by atoms with Crippen LogP contribution in [0, 0.1) is 0 Å². The van der Waals surface area contributed by atoms with Gasteiger partial charge in [-0.3, -0.25) is 19.2 Å². The number of esters is 2. The Bertz CT molecular complexity index is 389. The second-order valence-electron chi connectivity index (χ2n) is 4.96. The molecule has 0 atom stereocenters. The average Bonchev–Trinajstić information content (AvgIpc) is 2.24. The van der Waals surface area contributed by atoms with Crippen molar-refractivity contribution in [2.24, 2.45) is 0 Å². The number of hydrogen-bond acceptors (Lipinski definition) is 7. The van der Waals surface area contributed by atoms with Crippen molar-refractivity contribution in [2.45, 2.75) is 39.8 Å². The van der Waals surface area contributed by atoms with E-state index in [-0.39, 0.29) is 37.4 Å². The fourth-order valence-corrected chi connectivity index (χ4v) is 2.03. The second kappa shape index (κ2) is 8.59. The van der Waals surface area contributed by atoms with Crippen LogP contribution in [-0.2, 0) is 33.1 Å². The molecular weight excluding hydrogens is 284 g/mol. The van der Waals surface area contributed by atoms with Crippen LogP contribution in [0.15, 0.2) is 0 Å². The molecule has 0 radical (unpaired) electrons. The van der Waals surface area contributed by atoms with E-state index in [1.54, 1.807) is 13.1 Å². The predicted octanol–water partition coefficient (Wildman–Crippen LogP) is 0.749. The van der Waals surface area contributed by atoms with Gasteiger partial charge in [0.1, 0.15) is 30.6 Å². The van der Waals surface area contributed by atoms with Gasteiger partial charge in [-0.1, -0.05) is 0 Å². The number of carbonyl (C=O) groups excluding carboxylic acids is 4. The molecule has 0 amide bonds. The Morgan fingerprint density at radius 2 is 1.30 bits per heavy atom. The Kier molecular flexibility index (Phi) is 7.93. The Balaban J connectivity index is 3.95. The summed E-state index contributed by atoms with van der Waals surface area (Å²) < 4.78 is 15.0. The second-order valence-corrected chi connectivity index (χ2v) is 9.05. The lowest BCUT2D eigenvalue weighted by atomic mass is 10.3. The van der Waals surface area contributed by atoms with Crippen molar-refractivity contribution in [3.63, 3.8) is 0 Å². The molecule has 20 heavy (non-hydrogen) atoms. The van der Waals surface area contributed by atoms with Crippen LogP contribution >= 0.6 is 0 Å². The van der Waals surface area contributed by atoms with Crippen LogP contribution in [-0.4, -0.2) is 44.8 Å². The molecule has 0 aliphatic heterocycles. The molecule has 0 heterocycles. The maximum atomic E-state index is 11.2. The quantitative estimate of drug-likeness (QED) is 0.268. The van der Waals surface area contributed by atoms with E-state index in [0.29, 0.717) is 0 Å². The molecule has 0 spiro atoms. The van der Waals surface area contributed by atoms with E-state index in [9.17, 15) is 19.2 Å². The Morgan fingerprint density at radius 1 is 0.850 bits per heavy atom. The van der Waals surface area contributed by atoms with Gasteiger partial charge < -0.3 is 13.9 Å². The fourth-order valence-electron chi connectivity index (χ4n) is 1.06. The van der Waals surface area contributed by atoms with E-state index in [0.717, 1.165) is 0 Å². The zero-order chi connectivity index (χ0) is 15.8. The van der Waals surface area contributed by atoms with E-state index in [4.69, 9.17) is 13.9 Å². The number of ketones is 2. The first-order valence-electron chi connectivity index (χ1n) is 6.06. The molecule has 0 rings (SSSR count). The van der Waals surface area contributed by atoms with Gasteiger partial charge in [-0.2, -0.15) is 0 Å². The third kappa shape index (κ3) is 10.4. The predicted molar refractivity (Wildman–Crippen MR) is 71.1 cm³/mol. The molecule has 0 saturated carbocycles. The molecule has 0 bridgehead atoms. The van der Waals surface area contributed by atoms with Gasteiger partial charge in [0.2, 0.25) is 8.32 Å². The molecule has 0 N–H and O–H groups in total. The van der Waals surface area contributed by atoms with E-state index < -0.39 is 20.3 Å². The first kappa shape index (κ1) is 18.5. The maximum absolute atomic E-state index is 11.2. The molecule has 0 aromatic carbocycles. The lowest BCUT2D eigenvalue weighted by Gasteiger charge is -2.21. The van der Waals surface area contributed by atoms with Gasteiger partial charge in [-0.25, -0.2) is 0 Å². The Hall–Kier alpha value is -1.54. The summed E-state index contributed by atoms with van der Waals surface area (Å²) in [6.07, 6.45) is -0.500. The van der Waals surface area contributed by atoms with Crippen LogP contribution in [0.25, 0.3) is 0 Å². The van der Waals surface area contributed by atoms with Crippen molar-refractivity contribution in [1.29, 1.82) is 0 Å². The van der Waals surface area contributed by atoms with Crippen LogP contribution < -0.4 is 0 Å². The topological polar surface area (TPSA) is 96.0 Å². The normalized spacial score (nSPS) is 10.8. The summed E-state index contributed by atoms with van der Waals surface area (Å²) in [5, 5.41) is 0. The van der Waals surface area contributed by atoms with Gasteiger partial charge >= 0.3 is 11.9 Å². The molecule has 8 heteroatoms. The summed E-state index contributed by atoms with van der Waals surface area (Å²) in [5.41, 5.74) is 0. The van der Waals surface area contributed by atoms with Crippen LogP contribution in [0.2, 0.25) is 13.1 Å². The summed E-state index contributed by atoms with van der Waals surface area (Å²) in [6.45, 7) is 5.85. The van der Waals surface area contributed by atoms with Gasteiger partial charge in [-0.05, 0) is 26.9 Å². The number of carbonyl (C=O) groups is 4. The summed E-state index contributed by atoms with van der Waals surface area (Å²) in [4.78, 5) is 43.7. The minimum atomic E-state index is -2.34. The fraction of sp³-hybridized carbons (Fsp3) is 0.667. The number of hydrogen-bond donors (Lipinski definition) is 0. The number of ether oxygens (including phenoxy) is 2. The lowest BCUT2D eigenvalue weighted by Crippen LogP contribution is -2.39. The van der Waals surface area contributed by atoms with Crippen molar-refractivity contribution in [3.8, 4) is 0 Å². The van der Waals surface area contributed by atoms with Crippen LogP contribution in [0.1, 0.15) is 26.7 Å². The molecule has 7 nitrogen and oxygen atoms in total. The Morgan fingerprint density at radius 3 is 1.75 bits per heavy atom. The smallest absolute Gasteiger partial charge is 0.315 e. The van der Waals surface area contributed by atoms with E-state index in [1.807, 2.05) is 0 Å². The molecule has 0 fully saturated rings. The molecule has 0 aliphatic carbocycles. The molecule has 114 valence electrons. The lowest BCUT2D eigenvalue weighted by molar-refractivity contribution is -0.153. The molecule has 0 aromatic rings. The highest BCUT2D eigenvalue weighted by Crippen LogP contribution is 2.06. The van der Waals surface area contributed by atoms with Gasteiger partial charge in [-0.15, -0.1) is 0 Å². The summed E-state index contributed by atoms with van der Waals surface area (Å²) in [5.74, 6) is -1.82. The van der Waals surface area contributed by atoms with Crippen molar-refractivity contribution < 1.29 is 33.1 Å². The monoisotopic (exact) mass is 304 g/mol. The minimum absolute atomic E-state index is 0.0589. The molecule has 0 saturated heterocycles. The van der Waals surface area contributed by atoms with Crippen molar-refractivity contribution in [2.75, 3.05) is 13.0 Å². The number of rotatable bonds is 9. The number of Topliss-reactive ketones (excluding diaryl/α,β-unsaturated/α-hetero) is 2. The molecule has 0 aliphatic rings. The zero-order valence-electron chi connectivity index (χ0n) is 12.2. The maximum Gasteiger partial charge on any atom is 0.315 e. The highest BCUT2D eigenvalue weighted by atomic mass is 28.4. The zero-order valence-corrected chi connectivity index (χ0v) is 13.2. The van der Waals surface area contributed by atoms with Crippen LogP contribution in [0.5, 0.6) is 0 Å². The van der Waals surface area contributed by atoms with Gasteiger partial charge in [0.15, 0.2) is 6.79 Å². The van der Waals surface area contributed by atoms with E-state index in [2.05, 4.69) is 0 Å². The highest BCUT2D eigenvalue weighted by Gasteiger charge is 2.26. The first-order valence-corrected chi connectivity index (χ1v) is 9.18. The third-order valence-corrected chi connectivity index (χ3v) is 3.78. The average molecular weight is 304 g/mol. The van der Waals surface area contributed by atoms with Crippen LogP contribution in [0.3, 0.4) is 0 Å². The van der Waals surface area contributed by atoms with Crippen molar-refractivity contribution >= 4 is 31.8 Å². The van der Waals surface area contributed by atoms with Crippen molar-refractivity contribution in [3.05, 3.63) is 0 Å². The molecule has 0 aromatic heterocycles. The van der Waals surface area contributed by atoms with Gasteiger partial charge in [0, 0.05) is 0 Å². The van der Waals surface area contributed by atoms with E-state index in [1.165, 1.54) is 13.8 Å². The van der Waals surface area contributed by atoms with Gasteiger partial charge in [0.25, 0.3) is 0 Å². The standard InChI is InChI=1S/C12H20O7Si/c1-9(13)5-11(15)17-7-19-20(3,4)8-18-12(16)6-10(2)14/h5-8H2,1-4H3. The SMILES string of the molecule is CC(=O)CC(=O)OCO[Si](C)(C)COC(=O)CC(C)=O. The summed E-state index contributed by atoms with van der Waals surface area (Å²) in [7, 11) is -2.34. The summed E-state index contributed by atoms with van der Waals surface area (Å²) >= 11 is 0. The molecular formula is C12H20O7Si. The van der Waals surface area contributed by atoms with E-state index >= 15 is 0 Å². The van der Waals surface area contributed by atoms with Crippen molar-refractivity contribution in [1.82, 2.24) is 0 Å². The van der Waals surface area contributed by atoms with Gasteiger partial charge in [0.05, 0.1) is 0 Å². The Labute approximate surface area is 118 Å². The summed E-state index contributed by atoms with van der Waals surface area (Å²) in [6, 6.07) is 0. The minimum Gasteiger partial charge on any atom is -0.466 e. The third-order valence-electron chi connectivity index (χ3n) is 2.04. The molecule has 0 unspecified atom stereocenters. The van der Waals surface area contributed by atoms with Crippen LogP contribution in [0.4, 0.5) is 0 Å². The first-order chi connectivity index (χ1) is 9.12.